The molecule has 0 saturated carbocycles. The molecule has 3 aromatic rings. The number of hydrogen-bond donors (Lipinski definition) is 2. The summed E-state index contributed by atoms with van der Waals surface area (Å²) >= 11 is 0. The zero-order chi connectivity index (χ0) is 17.8. The highest BCUT2D eigenvalue weighted by Gasteiger charge is 2.11. The third-order valence-corrected chi connectivity index (χ3v) is 3.99. The van der Waals surface area contributed by atoms with Crippen molar-refractivity contribution in [3.63, 3.8) is 0 Å². The molecule has 6 nitrogen and oxygen atoms in total. The topological polar surface area (TPSA) is 87.7 Å². The Hall–Kier alpha value is -3.28. The summed E-state index contributed by atoms with van der Waals surface area (Å²) in [6.07, 6.45) is 3.32. The average Bonchev–Trinajstić information content (AvgIpc) is 2.62. The predicted molar refractivity (Wildman–Crippen MR) is 95.2 cm³/mol. The molecule has 2 aromatic heterocycles. The summed E-state index contributed by atoms with van der Waals surface area (Å²) in [6, 6.07) is 11.0. The number of benzene rings is 1. The Balaban J connectivity index is 1.84. The maximum absolute atomic E-state index is 12.4. The number of H-pyrrole nitrogens is 1. The molecule has 2 N–H and O–H groups in total. The van der Waals surface area contributed by atoms with Crippen molar-refractivity contribution in [1.82, 2.24) is 20.3 Å². The van der Waals surface area contributed by atoms with Gasteiger partial charge in [-0.1, -0.05) is 12.1 Å². The lowest BCUT2D eigenvalue weighted by molar-refractivity contribution is 0.0945. The van der Waals surface area contributed by atoms with Crippen molar-refractivity contribution in [2.24, 2.45) is 0 Å². The first-order valence-electron chi connectivity index (χ1n) is 7.89. The molecule has 0 saturated heterocycles. The largest absolute Gasteiger partial charge is 0.347 e. The van der Waals surface area contributed by atoms with E-state index in [1.165, 1.54) is 0 Å². The number of aromatic nitrogens is 3. The van der Waals surface area contributed by atoms with Gasteiger partial charge in [0.15, 0.2) is 0 Å². The van der Waals surface area contributed by atoms with Gasteiger partial charge in [-0.2, -0.15) is 4.98 Å². The van der Waals surface area contributed by atoms with Crippen LogP contribution in [0.1, 0.15) is 27.2 Å². The first kappa shape index (κ1) is 16.6. The molecule has 0 unspecified atom stereocenters. The Bertz CT molecular complexity index is 965. The van der Waals surface area contributed by atoms with Crippen molar-refractivity contribution in [2.45, 2.75) is 20.4 Å². The molecule has 0 spiro atoms. The third kappa shape index (κ3) is 3.98. The van der Waals surface area contributed by atoms with Crippen LogP contribution in [0.15, 0.2) is 53.6 Å². The summed E-state index contributed by atoms with van der Waals surface area (Å²) in [4.78, 5) is 34.6. The average molecular weight is 334 g/mol. The highest BCUT2D eigenvalue weighted by molar-refractivity contribution is 5.93. The van der Waals surface area contributed by atoms with Gasteiger partial charge in [0, 0.05) is 24.5 Å². The van der Waals surface area contributed by atoms with Gasteiger partial charge in [0.05, 0.1) is 5.69 Å². The molecule has 2 heterocycles. The van der Waals surface area contributed by atoms with E-state index in [0.29, 0.717) is 12.2 Å². The van der Waals surface area contributed by atoms with E-state index >= 15 is 0 Å². The number of nitrogens with one attached hydrogen (secondary N) is 2. The minimum Gasteiger partial charge on any atom is -0.347 e. The van der Waals surface area contributed by atoms with Crippen molar-refractivity contribution in [1.29, 1.82) is 0 Å². The van der Waals surface area contributed by atoms with Gasteiger partial charge in [0.1, 0.15) is 5.69 Å². The number of nitrogens with zero attached hydrogens (tertiary/aromatic N) is 2. The van der Waals surface area contributed by atoms with E-state index in [1.54, 1.807) is 18.5 Å². The van der Waals surface area contributed by atoms with Crippen molar-refractivity contribution in [2.75, 3.05) is 0 Å². The van der Waals surface area contributed by atoms with Gasteiger partial charge in [0.2, 0.25) is 0 Å². The van der Waals surface area contributed by atoms with Gasteiger partial charge in [-0.3, -0.25) is 9.78 Å². The van der Waals surface area contributed by atoms with Crippen LogP contribution in [0, 0.1) is 13.8 Å². The molecular formula is C19H18N4O2. The van der Waals surface area contributed by atoms with Crippen LogP contribution in [-0.4, -0.2) is 20.9 Å². The summed E-state index contributed by atoms with van der Waals surface area (Å²) in [5.41, 5.74) is 4.09. The van der Waals surface area contributed by atoms with Gasteiger partial charge in [-0.05, 0) is 54.8 Å². The van der Waals surface area contributed by atoms with E-state index in [0.717, 1.165) is 22.3 Å². The molecule has 0 aliphatic heterocycles. The smallest absolute Gasteiger partial charge is 0.346 e. The summed E-state index contributed by atoms with van der Waals surface area (Å²) in [5, 5.41) is 2.78. The quantitative estimate of drug-likeness (QED) is 0.767. The molecule has 1 aromatic carbocycles. The zero-order valence-corrected chi connectivity index (χ0v) is 14.0. The van der Waals surface area contributed by atoms with E-state index in [4.69, 9.17) is 0 Å². The van der Waals surface area contributed by atoms with Gasteiger partial charge in [-0.25, -0.2) is 4.79 Å². The zero-order valence-electron chi connectivity index (χ0n) is 14.0. The van der Waals surface area contributed by atoms with Crippen molar-refractivity contribution >= 4 is 5.91 Å². The number of carbonyl (C=O) groups is 1. The van der Waals surface area contributed by atoms with Crippen LogP contribution in [0.3, 0.4) is 0 Å². The standard InChI is InChI=1S/C19H18N4O2/c1-12-3-4-15(9-13(12)2)16-10-17(23-19(25)22-16)18(24)21-11-14-5-7-20-8-6-14/h3-10H,11H2,1-2H3,(H,21,24)(H,22,23,25). The van der Waals surface area contributed by atoms with Gasteiger partial charge >= 0.3 is 5.69 Å². The molecule has 25 heavy (non-hydrogen) atoms. The van der Waals surface area contributed by atoms with Crippen LogP contribution in [0.4, 0.5) is 0 Å². The summed E-state index contributed by atoms with van der Waals surface area (Å²) in [7, 11) is 0. The minimum absolute atomic E-state index is 0.183. The van der Waals surface area contributed by atoms with Gasteiger partial charge in [0.25, 0.3) is 5.91 Å². The van der Waals surface area contributed by atoms with Gasteiger partial charge < -0.3 is 10.3 Å². The van der Waals surface area contributed by atoms with E-state index in [9.17, 15) is 9.59 Å². The third-order valence-electron chi connectivity index (χ3n) is 3.99. The number of pyridine rings is 1. The fourth-order valence-corrected chi connectivity index (χ4v) is 2.41. The second kappa shape index (κ2) is 7.09. The highest BCUT2D eigenvalue weighted by atomic mass is 16.2. The number of hydrogen-bond acceptors (Lipinski definition) is 4. The molecule has 0 atom stereocenters. The lowest BCUT2D eigenvalue weighted by Crippen LogP contribution is -2.27. The Morgan fingerprint density at radius 3 is 2.56 bits per heavy atom. The Morgan fingerprint density at radius 1 is 1.08 bits per heavy atom. The maximum atomic E-state index is 12.4. The molecule has 6 heteroatoms. The predicted octanol–water partition coefficient (Wildman–Crippen LogP) is 2.38. The van der Waals surface area contributed by atoms with E-state index < -0.39 is 5.69 Å². The molecule has 0 aliphatic carbocycles. The Morgan fingerprint density at radius 2 is 1.84 bits per heavy atom. The fourth-order valence-electron chi connectivity index (χ4n) is 2.41. The van der Waals surface area contributed by atoms with E-state index in [1.807, 2.05) is 44.2 Å². The van der Waals surface area contributed by atoms with Crippen LogP contribution in [0.2, 0.25) is 0 Å². The molecule has 0 bridgehead atoms. The summed E-state index contributed by atoms with van der Waals surface area (Å²) < 4.78 is 0. The Labute approximate surface area is 145 Å². The first-order chi connectivity index (χ1) is 12.0. The summed E-state index contributed by atoms with van der Waals surface area (Å²) in [5.74, 6) is -0.360. The molecule has 1 amide bonds. The lowest BCUT2D eigenvalue weighted by atomic mass is 10.0. The number of aromatic amines is 1. The van der Waals surface area contributed by atoms with Crippen LogP contribution in [-0.2, 0) is 6.54 Å². The van der Waals surface area contributed by atoms with E-state index in [-0.39, 0.29) is 11.6 Å². The van der Waals surface area contributed by atoms with Crippen LogP contribution in [0.5, 0.6) is 0 Å². The molecule has 0 aliphatic rings. The van der Waals surface area contributed by atoms with Gasteiger partial charge in [-0.15, -0.1) is 0 Å². The van der Waals surface area contributed by atoms with Crippen molar-refractivity contribution in [3.05, 3.63) is 81.7 Å². The number of rotatable bonds is 4. The van der Waals surface area contributed by atoms with E-state index in [2.05, 4.69) is 20.3 Å². The second-order valence-corrected chi connectivity index (χ2v) is 5.82. The SMILES string of the molecule is Cc1ccc(-c2cc(C(=O)NCc3ccncc3)[nH]c(=O)n2)cc1C. The maximum Gasteiger partial charge on any atom is 0.346 e. The summed E-state index contributed by atoms with van der Waals surface area (Å²) in [6.45, 7) is 4.36. The number of carbonyl (C=O) groups excluding carboxylic acids is 1. The molecule has 0 fully saturated rings. The minimum atomic E-state index is -0.551. The van der Waals surface area contributed by atoms with Crippen LogP contribution in [0.25, 0.3) is 11.3 Å². The lowest BCUT2D eigenvalue weighted by Gasteiger charge is -2.08. The highest BCUT2D eigenvalue weighted by Crippen LogP contribution is 2.19. The normalized spacial score (nSPS) is 10.5. The monoisotopic (exact) mass is 334 g/mol. The molecule has 126 valence electrons. The Kier molecular flexibility index (Phi) is 4.70. The second-order valence-electron chi connectivity index (χ2n) is 5.82. The van der Waals surface area contributed by atoms with Crippen molar-refractivity contribution in [3.8, 4) is 11.3 Å². The number of aryl methyl sites for hydroxylation is 2. The molecule has 0 radical (unpaired) electrons. The molecular weight excluding hydrogens is 316 g/mol. The number of amides is 1. The van der Waals surface area contributed by atoms with Crippen LogP contribution >= 0.6 is 0 Å². The first-order valence-corrected chi connectivity index (χ1v) is 7.89. The van der Waals surface area contributed by atoms with Crippen molar-refractivity contribution < 1.29 is 4.79 Å². The fraction of sp³-hybridized carbons (Fsp3) is 0.158. The van der Waals surface area contributed by atoms with Crippen LogP contribution < -0.4 is 11.0 Å². The molecule has 3 rings (SSSR count).